The zero-order valence-electron chi connectivity index (χ0n) is 10.6. The van der Waals surface area contributed by atoms with Gasteiger partial charge in [-0.25, -0.2) is 0 Å². The molecule has 1 heterocycles. The third-order valence-corrected chi connectivity index (χ3v) is 4.27. The van der Waals surface area contributed by atoms with Gasteiger partial charge in [0.15, 0.2) is 0 Å². The molecule has 1 amide bonds. The second-order valence-corrected chi connectivity index (χ2v) is 6.22. The van der Waals surface area contributed by atoms with Gasteiger partial charge in [0.2, 0.25) is 5.91 Å². The molecule has 0 unspecified atom stereocenters. The Hall–Kier alpha value is -1.07. The summed E-state index contributed by atoms with van der Waals surface area (Å²) in [5.74, 6) is -0.190. The number of halogens is 2. The van der Waals surface area contributed by atoms with E-state index in [9.17, 15) is 4.79 Å². The number of thiophene rings is 1. The van der Waals surface area contributed by atoms with Crippen molar-refractivity contribution in [1.29, 1.82) is 0 Å². The van der Waals surface area contributed by atoms with Crippen LogP contribution in [0.4, 0.5) is 0 Å². The highest BCUT2D eigenvalue weighted by Crippen LogP contribution is 2.21. The number of carbonyl (C=O) groups excluding carboxylic acids is 1. The first-order valence-corrected chi connectivity index (χ1v) is 7.69. The van der Waals surface area contributed by atoms with Crippen LogP contribution in [0.5, 0.6) is 0 Å². The summed E-state index contributed by atoms with van der Waals surface area (Å²) >= 11 is 13.5. The van der Waals surface area contributed by atoms with Gasteiger partial charge in [-0.2, -0.15) is 0 Å². The second kappa shape index (κ2) is 7.09. The monoisotopic (exact) mass is 328 g/mol. The van der Waals surface area contributed by atoms with Crippen molar-refractivity contribution in [3.63, 3.8) is 0 Å². The SMILES string of the molecule is N[C@H](Cc1ccc(Cl)cc1Cl)C(=O)NCc1cccs1. The molecule has 0 saturated heterocycles. The Morgan fingerprint density at radius 2 is 2.15 bits per heavy atom. The summed E-state index contributed by atoms with van der Waals surface area (Å²) in [6, 6.07) is 8.45. The second-order valence-electron chi connectivity index (χ2n) is 4.34. The fourth-order valence-corrected chi connectivity index (χ4v) is 2.87. The summed E-state index contributed by atoms with van der Waals surface area (Å²) in [4.78, 5) is 13.0. The number of rotatable bonds is 5. The van der Waals surface area contributed by atoms with Crippen LogP contribution in [0.15, 0.2) is 35.7 Å². The molecular weight excluding hydrogens is 315 g/mol. The summed E-state index contributed by atoms with van der Waals surface area (Å²) in [6.45, 7) is 0.499. The van der Waals surface area contributed by atoms with E-state index in [4.69, 9.17) is 28.9 Å². The molecule has 0 aliphatic heterocycles. The van der Waals surface area contributed by atoms with E-state index in [1.54, 1.807) is 29.5 Å². The van der Waals surface area contributed by atoms with Gasteiger partial charge in [0.1, 0.15) is 0 Å². The first kappa shape index (κ1) is 15.3. The average molecular weight is 329 g/mol. The van der Waals surface area contributed by atoms with E-state index >= 15 is 0 Å². The fraction of sp³-hybridized carbons (Fsp3) is 0.214. The predicted molar refractivity (Wildman–Crippen MR) is 84.3 cm³/mol. The first-order chi connectivity index (χ1) is 9.56. The minimum atomic E-state index is -0.631. The molecule has 3 N–H and O–H groups in total. The molecule has 20 heavy (non-hydrogen) atoms. The van der Waals surface area contributed by atoms with Crippen LogP contribution in [0.2, 0.25) is 10.0 Å². The number of benzene rings is 1. The zero-order valence-corrected chi connectivity index (χ0v) is 12.9. The standard InChI is InChI=1S/C14H14Cl2N2OS/c15-10-4-3-9(12(16)7-10)6-13(17)14(19)18-8-11-2-1-5-20-11/h1-5,7,13H,6,8,17H2,(H,18,19)/t13-/m1/s1. The van der Waals surface area contributed by atoms with E-state index in [1.165, 1.54) is 0 Å². The number of nitrogens with one attached hydrogen (secondary N) is 1. The Morgan fingerprint density at radius 1 is 1.35 bits per heavy atom. The molecule has 0 saturated carbocycles. The maximum absolute atomic E-state index is 11.9. The van der Waals surface area contributed by atoms with Gasteiger partial charge in [-0.05, 0) is 35.6 Å². The Kier molecular flexibility index (Phi) is 5.43. The lowest BCUT2D eigenvalue weighted by Gasteiger charge is -2.13. The quantitative estimate of drug-likeness (QED) is 0.885. The van der Waals surface area contributed by atoms with Gasteiger partial charge in [-0.3, -0.25) is 4.79 Å². The molecule has 1 atom stereocenters. The zero-order chi connectivity index (χ0) is 14.5. The summed E-state index contributed by atoms with van der Waals surface area (Å²) in [7, 11) is 0. The normalized spacial score (nSPS) is 12.2. The summed E-state index contributed by atoms with van der Waals surface area (Å²) in [6.07, 6.45) is 0.381. The maximum atomic E-state index is 11.9. The van der Waals surface area contributed by atoms with Crippen molar-refractivity contribution in [3.8, 4) is 0 Å². The summed E-state index contributed by atoms with van der Waals surface area (Å²) < 4.78 is 0. The smallest absolute Gasteiger partial charge is 0.237 e. The molecule has 1 aromatic heterocycles. The van der Waals surface area contributed by atoms with Crippen molar-refractivity contribution >= 4 is 40.4 Å². The van der Waals surface area contributed by atoms with E-state index in [0.29, 0.717) is 23.0 Å². The van der Waals surface area contributed by atoms with Crippen LogP contribution < -0.4 is 11.1 Å². The topological polar surface area (TPSA) is 55.1 Å². The lowest BCUT2D eigenvalue weighted by atomic mass is 10.1. The number of amides is 1. The fourth-order valence-electron chi connectivity index (χ4n) is 1.74. The Morgan fingerprint density at radius 3 is 2.80 bits per heavy atom. The van der Waals surface area contributed by atoms with Crippen LogP contribution in [0.3, 0.4) is 0 Å². The predicted octanol–water partition coefficient (Wildman–Crippen LogP) is 3.24. The largest absolute Gasteiger partial charge is 0.350 e. The van der Waals surface area contributed by atoms with Gasteiger partial charge in [0.25, 0.3) is 0 Å². The maximum Gasteiger partial charge on any atom is 0.237 e. The Bertz CT molecular complexity index is 587. The van der Waals surface area contributed by atoms with Crippen LogP contribution in [0.25, 0.3) is 0 Å². The van der Waals surface area contributed by atoms with Gasteiger partial charge in [0, 0.05) is 14.9 Å². The molecule has 2 rings (SSSR count). The van der Waals surface area contributed by atoms with Crippen molar-refractivity contribution < 1.29 is 4.79 Å². The van der Waals surface area contributed by atoms with Crippen LogP contribution in [-0.2, 0) is 17.8 Å². The molecule has 0 radical (unpaired) electrons. The highest BCUT2D eigenvalue weighted by molar-refractivity contribution is 7.09. The van der Waals surface area contributed by atoms with Crippen molar-refractivity contribution in [2.75, 3.05) is 0 Å². The number of nitrogens with two attached hydrogens (primary N) is 1. The molecular formula is C14H14Cl2N2OS. The highest BCUT2D eigenvalue weighted by Gasteiger charge is 2.15. The van der Waals surface area contributed by atoms with Gasteiger partial charge >= 0.3 is 0 Å². The molecule has 6 heteroatoms. The molecule has 0 fully saturated rings. The molecule has 106 valence electrons. The Balaban J connectivity index is 1.90. The van der Waals surface area contributed by atoms with Crippen molar-refractivity contribution in [2.45, 2.75) is 19.0 Å². The van der Waals surface area contributed by atoms with E-state index < -0.39 is 6.04 Å². The Labute approximate surface area is 131 Å². The highest BCUT2D eigenvalue weighted by atomic mass is 35.5. The van der Waals surface area contributed by atoms with Crippen molar-refractivity contribution in [3.05, 3.63) is 56.2 Å². The minimum Gasteiger partial charge on any atom is -0.350 e. The van der Waals surface area contributed by atoms with Gasteiger partial charge in [-0.15, -0.1) is 11.3 Å². The first-order valence-electron chi connectivity index (χ1n) is 6.06. The number of hydrogen-bond acceptors (Lipinski definition) is 3. The molecule has 0 aliphatic rings. The summed E-state index contributed by atoms with van der Waals surface area (Å²) in [5.41, 5.74) is 6.71. The molecule has 0 bridgehead atoms. The number of carbonyl (C=O) groups is 1. The molecule has 0 aliphatic carbocycles. The third-order valence-electron chi connectivity index (χ3n) is 2.81. The van der Waals surface area contributed by atoms with Crippen LogP contribution in [0, 0.1) is 0 Å². The number of hydrogen-bond donors (Lipinski definition) is 2. The van der Waals surface area contributed by atoms with Gasteiger partial charge < -0.3 is 11.1 Å². The van der Waals surface area contributed by atoms with E-state index in [1.807, 2.05) is 17.5 Å². The molecule has 0 spiro atoms. The van der Waals surface area contributed by atoms with Crippen LogP contribution in [0.1, 0.15) is 10.4 Å². The van der Waals surface area contributed by atoms with Crippen LogP contribution >= 0.6 is 34.5 Å². The summed E-state index contributed by atoms with van der Waals surface area (Å²) in [5, 5.41) is 5.87. The van der Waals surface area contributed by atoms with E-state index in [0.717, 1.165) is 10.4 Å². The van der Waals surface area contributed by atoms with Crippen LogP contribution in [-0.4, -0.2) is 11.9 Å². The van der Waals surface area contributed by atoms with Crippen molar-refractivity contribution in [1.82, 2.24) is 5.32 Å². The molecule has 1 aromatic carbocycles. The van der Waals surface area contributed by atoms with E-state index in [-0.39, 0.29) is 5.91 Å². The van der Waals surface area contributed by atoms with Gasteiger partial charge in [0.05, 0.1) is 12.6 Å². The lowest BCUT2D eigenvalue weighted by molar-refractivity contribution is -0.122. The van der Waals surface area contributed by atoms with Crippen molar-refractivity contribution in [2.24, 2.45) is 5.73 Å². The molecule has 2 aromatic rings. The lowest BCUT2D eigenvalue weighted by Crippen LogP contribution is -2.41. The average Bonchev–Trinajstić information content (AvgIpc) is 2.92. The van der Waals surface area contributed by atoms with Gasteiger partial charge in [-0.1, -0.05) is 35.3 Å². The third kappa shape index (κ3) is 4.21. The van der Waals surface area contributed by atoms with E-state index in [2.05, 4.69) is 5.32 Å². The molecule has 3 nitrogen and oxygen atoms in total. The minimum absolute atomic E-state index is 0.190.